The third kappa shape index (κ3) is 3.58. The fourth-order valence-electron chi connectivity index (χ4n) is 1.64. The topological polar surface area (TPSA) is 85.4 Å². The van der Waals surface area contributed by atoms with Gasteiger partial charge >= 0.3 is 5.97 Å². The molecule has 0 unspecified atom stereocenters. The van der Waals surface area contributed by atoms with E-state index in [0.29, 0.717) is 25.5 Å². The van der Waals surface area contributed by atoms with Crippen LogP contribution in [0.4, 0.5) is 5.13 Å². The van der Waals surface area contributed by atoms with Crippen molar-refractivity contribution in [3.63, 3.8) is 0 Å². The molecule has 1 N–H and O–H groups in total. The predicted molar refractivity (Wildman–Crippen MR) is 85.1 cm³/mol. The van der Waals surface area contributed by atoms with Crippen LogP contribution < -0.4 is 5.32 Å². The molecule has 0 spiro atoms. The van der Waals surface area contributed by atoms with Crippen LogP contribution in [0.3, 0.4) is 0 Å². The summed E-state index contributed by atoms with van der Waals surface area (Å²) in [7, 11) is 0. The van der Waals surface area contributed by atoms with Gasteiger partial charge in [0.2, 0.25) is 0 Å². The number of aryl methyl sites for hydroxylation is 1. The van der Waals surface area contributed by atoms with E-state index in [9.17, 15) is 14.4 Å². The second-order valence-electron chi connectivity index (χ2n) is 4.33. The number of amides is 1. The van der Waals surface area contributed by atoms with Gasteiger partial charge in [-0.2, -0.15) is 0 Å². The highest BCUT2D eigenvalue weighted by Gasteiger charge is 2.18. The number of nitrogens with one attached hydrogen (secondary N) is 1. The van der Waals surface area contributed by atoms with Gasteiger partial charge in [-0.3, -0.25) is 14.9 Å². The molecule has 0 fully saturated rings. The molecule has 8 heteroatoms. The van der Waals surface area contributed by atoms with E-state index in [1.807, 2.05) is 0 Å². The SMILES string of the molecule is CCOC(=O)c1sc(NC(=O)c2ccc(C(C)=O)s2)nc1C. The van der Waals surface area contributed by atoms with E-state index in [1.54, 1.807) is 26.0 Å². The first-order chi connectivity index (χ1) is 10.4. The third-order valence-electron chi connectivity index (χ3n) is 2.65. The Morgan fingerprint density at radius 3 is 2.50 bits per heavy atom. The predicted octanol–water partition coefficient (Wildman–Crippen LogP) is 3.14. The number of thiazole rings is 1. The number of rotatable bonds is 5. The van der Waals surface area contributed by atoms with Gasteiger partial charge in [0.25, 0.3) is 5.91 Å². The van der Waals surface area contributed by atoms with Crippen LogP contribution in [0.15, 0.2) is 12.1 Å². The smallest absolute Gasteiger partial charge is 0.350 e. The van der Waals surface area contributed by atoms with Crippen molar-refractivity contribution in [3.05, 3.63) is 32.5 Å². The second kappa shape index (κ2) is 6.80. The molecule has 0 aliphatic heterocycles. The summed E-state index contributed by atoms with van der Waals surface area (Å²) in [5, 5.41) is 2.95. The lowest BCUT2D eigenvalue weighted by atomic mass is 10.3. The summed E-state index contributed by atoms with van der Waals surface area (Å²) in [6.45, 7) is 5.13. The molecule has 0 aliphatic rings. The maximum Gasteiger partial charge on any atom is 0.350 e. The molecule has 22 heavy (non-hydrogen) atoms. The normalized spacial score (nSPS) is 10.3. The molecule has 1 amide bonds. The van der Waals surface area contributed by atoms with Crippen LogP contribution in [0.2, 0.25) is 0 Å². The number of Topliss-reactive ketones (excluding diaryl/α,β-unsaturated/α-hetero) is 1. The molecule has 0 aromatic carbocycles. The summed E-state index contributed by atoms with van der Waals surface area (Å²) in [6.07, 6.45) is 0. The Hall–Kier alpha value is -2.06. The molecule has 0 saturated heterocycles. The summed E-state index contributed by atoms with van der Waals surface area (Å²) in [6, 6.07) is 3.20. The van der Waals surface area contributed by atoms with Crippen molar-refractivity contribution in [2.45, 2.75) is 20.8 Å². The first-order valence-electron chi connectivity index (χ1n) is 6.49. The summed E-state index contributed by atoms with van der Waals surface area (Å²) in [5.41, 5.74) is 0.509. The third-order valence-corrected chi connectivity index (χ3v) is 4.89. The van der Waals surface area contributed by atoms with Gasteiger partial charge in [-0.1, -0.05) is 11.3 Å². The van der Waals surface area contributed by atoms with Crippen LogP contribution in [0.25, 0.3) is 0 Å². The molecule has 2 heterocycles. The first-order valence-corrected chi connectivity index (χ1v) is 8.12. The van der Waals surface area contributed by atoms with Gasteiger partial charge in [0.1, 0.15) is 4.88 Å². The second-order valence-corrected chi connectivity index (χ2v) is 6.41. The molecular weight excluding hydrogens is 324 g/mol. The first kappa shape index (κ1) is 16.3. The molecule has 6 nitrogen and oxygen atoms in total. The van der Waals surface area contributed by atoms with Crippen LogP contribution in [0.1, 0.15) is 48.6 Å². The van der Waals surface area contributed by atoms with Gasteiger partial charge in [0, 0.05) is 0 Å². The van der Waals surface area contributed by atoms with E-state index in [-0.39, 0.29) is 18.3 Å². The number of carbonyl (C=O) groups is 3. The highest BCUT2D eigenvalue weighted by molar-refractivity contribution is 7.18. The molecule has 2 aromatic rings. The largest absolute Gasteiger partial charge is 0.462 e. The lowest BCUT2D eigenvalue weighted by Gasteiger charge is -1.98. The Bertz CT molecular complexity index is 733. The summed E-state index contributed by atoms with van der Waals surface area (Å²) >= 11 is 2.18. The van der Waals surface area contributed by atoms with Crippen LogP contribution >= 0.6 is 22.7 Å². The molecule has 2 aromatic heterocycles. The van der Waals surface area contributed by atoms with Crippen molar-refractivity contribution in [1.29, 1.82) is 0 Å². The number of carbonyl (C=O) groups excluding carboxylic acids is 3. The number of anilines is 1. The molecule has 2 rings (SSSR count). The van der Waals surface area contributed by atoms with E-state index in [0.717, 1.165) is 22.7 Å². The molecule has 0 atom stereocenters. The standard InChI is InChI=1S/C14H14N2O4S2/c1-4-20-13(19)11-7(2)15-14(22-11)16-12(18)10-6-5-9(21-10)8(3)17/h5-6H,4H2,1-3H3,(H,15,16,18). The number of ether oxygens (including phenoxy) is 1. The lowest BCUT2D eigenvalue weighted by Crippen LogP contribution is -2.09. The Kier molecular flexibility index (Phi) is 5.04. The summed E-state index contributed by atoms with van der Waals surface area (Å²) in [4.78, 5) is 40.5. The average Bonchev–Trinajstić information content (AvgIpc) is 3.06. The molecule has 0 aliphatic carbocycles. The number of thiophene rings is 1. The monoisotopic (exact) mass is 338 g/mol. The van der Waals surface area contributed by atoms with E-state index in [4.69, 9.17) is 4.74 Å². The zero-order chi connectivity index (χ0) is 16.3. The molecule has 116 valence electrons. The van der Waals surface area contributed by atoms with Gasteiger partial charge < -0.3 is 4.74 Å². The summed E-state index contributed by atoms with van der Waals surface area (Å²) < 4.78 is 4.92. The maximum absolute atomic E-state index is 12.1. The van der Waals surface area contributed by atoms with E-state index in [2.05, 4.69) is 10.3 Å². The molecule has 0 radical (unpaired) electrons. The number of esters is 1. The van der Waals surface area contributed by atoms with Gasteiger partial charge in [-0.05, 0) is 32.9 Å². The van der Waals surface area contributed by atoms with E-state index < -0.39 is 5.97 Å². The Labute approximate surface area is 135 Å². The minimum Gasteiger partial charge on any atom is -0.462 e. The van der Waals surface area contributed by atoms with Gasteiger partial charge in [-0.15, -0.1) is 11.3 Å². The maximum atomic E-state index is 12.1. The van der Waals surface area contributed by atoms with Crippen molar-refractivity contribution in [1.82, 2.24) is 4.98 Å². The zero-order valence-electron chi connectivity index (χ0n) is 12.3. The van der Waals surface area contributed by atoms with Crippen molar-refractivity contribution in [2.24, 2.45) is 0 Å². The fraction of sp³-hybridized carbons (Fsp3) is 0.286. The van der Waals surface area contributed by atoms with Crippen molar-refractivity contribution in [3.8, 4) is 0 Å². The molecule has 0 saturated carbocycles. The van der Waals surface area contributed by atoms with Crippen LogP contribution in [-0.2, 0) is 4.74 Å². The number of nitrogens with zero attached hydrogens (tertiary/aromatic N) is 1. The molecular formula is C14H14N2O4S2. The highest BCUT2D eigenvalue weighted by atomic mass is 32.1. The van der Waals surface area contributed by atoms with Crippen LogP contribution in [0, 0.1) is 6.92 Å². The van der Waals surface area contributed by atoms with Crippen molar-refractivity contribution >= 4 is 45.5 Å². The van der Waals surface area contributed by atoms with E-state index >= 15 is 0 Å². The minimum absolute atomic E-state index is 0.0845. The van der Waals surface area contributed by atoms with Gasteiger partial charge in [0.15, 0.2) is 10.9 Å². The van der Waals surface area contributed by atoms with Crippen molar-refractivity contribution < 1.29 is 19.1 Å². The van der Waals surface area contributed by atoms with Crippen molar-refractivity contribution in [2.75, 3.05) is 11.9 Å². The minimum atomic E-state index is -0.451. The van der Waals surface area contributed by atoms with Crippen LogP contribution in [0.5, 0.6) is 0 Å². The lowest BCUT2D eigenvalue weighted by molar-refractivity contribution is 0.0530. The Balaban J connectivity index is 2.13. The highest BCUT2D eigenvalue weighted by Crippen LogP contribution is 2.25. The van der Waals surface area contributed by atoms with Gasteiger partial charge in [-0.25, -0.2) is 9.78 Å². The number of hydrogen-bond donors (Lipinski definition) is 1. The zero-order valence-corrected chi connectivity index (χ0v) is 13.9. The number of ketones is 1. The Morgan fingerprint density at radius 1 is 1.23 bits per heavy atom. The number of hydrogen-bond acceptors (Lipinski definition) is 7. The Morgan fingerprint density at radius 2 is 1.91 bits per heavy atom. The summed E-state index contributed by atoms with van der Waals surface area (Å²) in [5.74, 6) is -0.895. The fourth-order valence-corrected chi connectivity index (χ4v) is 3.30. The average molecular weight is 338 g/mol. The quantitative estimate of drug-likeness (QED) is 0.668. The van der Waals surface area contributed by atoms with Crippen LogP contribution in [-0.4, -0.2) is 29.3 Å². The van der Waals surface area contributed by atoms with Gasteiger partial charge in [0.05, 0.1) is 22.1 Å². The van der Waals surface area contributed by atoms with E-state index in [1.165, 1.54) is 6.92 Å². The number of aromatic nitrogens is 1. The molecule has 0 bridgehead atoms.